The Kier molecular flexibility index (Phi) is 5.53. The second kappa shape index (κ2) is 8.41. The molecule has 0 aliphatic heterocycles. The normalized spacial score (nSPS) is 10.8. The summed E-state index contributed by atoms with van der Waals surface area (Å²) in [5.74, 6) is 3.16. The Bertz CT molecular complexity index is 1160. The molecule has 1 aromatic heterocycles. The quantitative estimate of drug-likeness (QED) is 0.407. The van der Waals surface area contributed by atoms with E-state index in [9.17, 15) is 0 Å². The molecule has 0 radical (unpaired) electrons. The molecule has 4 rings (SSSR count). The molecule has 0 unspecified atom stereocenters. The summed E-state index contributed by atoms with van der Waals surface area (Å²) < 4.78 is 22.5. The molecule has 5 nitrogen and oxygen atoms in total. The van der Waals surface area contributed by atoms with Gasteiger partial charge < -0.3 is 23.9 Å². The molecule has 0 saturated heterocycles. The summed E-state index contributed by atoms with van der Waals surface area (Å²) in [6.45, 7) is 2.55. The fraction of sp³-hybridized carbons (Fsp3) is 0.200. The predicted molar refractivity (Wildman–Crippen MR) is 120 cm³/mol. The molecule has 4 aromatic rings. The van der Waals surface area contributed by atoms with Gasteiger partial charge in [-0.1, -0.05) is 30.3 Å². The zero-order valence-electron chi connectivity index (χ0n) is 17.6. The molecule has 0 bridgehead atoms. The van der Waals surface area contributed by atoms with Crippen molar-refractivity contribution in [2.75, 3.05) is 26.6 Å². The third kappa shape index (κ3) is 3.66. The Morgan fingerprint density at radius 2 is 1.60 bits per heavy atom. The average Bonchev–Trinajstić information content (AvgIpc) is 3.11. The molecule has 3 aromatic carbocycles. The Hall–Kier alpha value is -3.60. The Morgan fingerprint density at radius 1 is 0.833 bits per heavy atom. The topological polar surface area (TPSA) is 52.9 Å². The molecule has 0 aliphatic carbocycles. The second-order valence-corrected chi connectivity index (χ2v) is 6.98. The fourth-order valence-electron chi connectivity index (χ4n) is 3.71. The first kappa shape index (κ1) is 19.7. The molecule has 0 saturated carbocycles. The molecule has 0 spiro atoms. The van der Waals surface area contributed by atoms with Crippen LogP contribution in [0.5, 0.6) is 17.2 Å². The first-order chi connectivity index (χ1) is 14.6. The van der Waals surface area contributed by atoms with Crippen LogP contribution in [0.3, 0.4) is 0 Å². The van der Waals surface area contributed by atoms with E-state index < -0.39 is 0 Å². The van der Waals surface area contributed by atoms with Crippen molar-refractivity contribution in [2.24, 2.45) is 0 Å². The van der Waals surface area contributed by atoms with E-state index in [4.69, 9.17) is 18.6 Å². The number of hydrogen-bond donors (Lipinski definition) is 1. The van der Waals surface area contributed by atoms with Gasteiger partial charge in [0.05, 0.1) is 27.0 Å². The molecule has 0 aliphatic rings. The van der Waals surface area contributed by atoms with E-state index in [0.29, 0.717) is 6.54 Å². The zero-order chi connectivity index (χ0) is 21.1. The summed E-state index contributed by atoms with van der Waals surface area (Å²) in [5.41, 5.74) is 4.94. The minimum atomic E-state index is 0.558. The van der Waals surface area contributed by atoms with Crippen LogP contribution in [0.2, 0.25) is 0 Å². The maximum atomic E-state index is 6.10. The van der Waals surface area contributed by atoms with E-state index in [0.717, 1.165) is 56.4 Å². The van der Waals surface area contributed by atoms with Crippen LogP contribution in [0.15, 0.2) is 65.1 Å². The lowest BCUT2D eigenvalue weighted by molar-refractivity contribution is 0.395. The van der Waals surface area contributed by atoms with Gasteiger partial charge in [0.1, 0.15) is 28.6 Å². The summed E-state index contributed by atoms with van der Waals surface area (Å²) >= 11 is 0. The maximum absolute atomic E-state index is 6.10. The fourth-order valence-corrected chi connectivity index (χ4v) is 3.71. The van der Waals surface area contributed by atoms with Crippen molar-refractivity contribution >= 4 is 16.7 Å². The number of fused-ring (bicyclic) bond motifs is 1. The van der Waals surface area contributed by atoms with E-state index in [2.05, 4.69) is 23.5 Å². The van der Waals surface area contributed by atoms with Gasteiger partial charge >= 0.3 is 0 Å². The van der Waals surface area contributed by atoms with E-state index >= 15 is 0 Å². The molecular formula is C25H25NO4. The summed E-state index contributed by atoms with van der Waals surface area (Å²) in [5, 5.41) is 4.46. The van der Waals surface area contributed by atoms with Gasteiger partial charge in [0.2, 0.25) is 0 Å². The molecule has 1 heterocycles. The largest absolute Gasteiger partial charge is 0.497 e. The number of aryl methyl sites for hydroxylation is 1. The van der Waals surface area contributed by atoms with Crippen LogP contribution in [0, 0.1) is 6.92 Å². The number of anilines is 1. The summed E-state index contributed by atoms with van der Waals surface area (Å²) in [6, 6.07) is 20.0. The van der Waals surface area contributed by atoms with Crippen LogP contribution < -0.4 is 19.5 Å². The van der Waals surface area contributed by atoms with Gasteiger partial charge in [-0.05, 0) is 36.8 Å². The van der Waals surface area contributed by atoms with E-state index in [1.54, 1.807) is 21.3 Å². The van der Waals surface area contributed by atoms with Gasteiger partial charge in [-0.2, -0.15) is 0 Å². The second-order valence-electron chi connectivity index (χ2n) is 6.98. The number of benzene rings is 3. The van der Waals surface area contributed by atoms with Crippen molar-refractivity contribution in [3.8, 4) is 28.4 Å². The molecule has 0 fully saturated rings. The van der Waals surface area contributed by atoms with Crippen molar-refractivity contribution in [3.63, 3.8) is 0 Å². The van der Waals surface area contributed by atoms with Crippen molar-refractivity contribution in [1.29, 1.82) is 0 Å². The van der Waals surface area contributed by atoms with Gasteiger partial charge in [-0.25, -0.2) is 0 Å². The zero-order valence-corrected chi connectivity index (χ0v) is 17.6. The van der Waals surface area contributed by atoms with E-state index in [1.807, 2.05) is 49.4 Å². The summed E-state index contributed by atoms with van der Waals surface area (Å²) in [7, 11) is 4.97. The Morgan fingerprint density at radius 3 is 2.30 bits per heavy atom. The van der Waals surface area contributed by atoms with Gasteiger partial charge in [0.15, 0.2) is 0 Å². The minimum Gasteiger partial charge on any atom is -0.497 e. The standard InChI is InChI=1S/C25H25NO4/c1-16-25(17-8-6-5-7-9-17)20-14-22(28-3)18(12-23(20)30-16)15-26-21-11-10-19(27-2)13-24(21)29-4/h5-14,26H,15H2,1-4H3. The molecule has 5 heteroatoms. The summed E-state index contributed by atoms with van der Waals surface area (Å²) in [4.78, 5) is 0. The first-order valence-electron chi connectivity index (χ1n) is 9.76. The highest BCUT2D eigenvalue weighted by Crippen LogP contribution is 2.38. The molecule has 1 N–H and O–H groups in total. The Labute approximate surface area is 176 Å². The highest BCUT2D eigenvalue weighted by molar-refractivity contribution is 5.97. The number of methoxy groups -OCH3 is 3. The monoisotopic (exact) mass is 403 g/mol. The van der Waals surface area contributed by atoms with Crippen LogP contribution in [0.4, 0.5) is 5.69 Å². The molecule has 30 heavy (non-hydrogen) atoms. The number of rotatable bonds is 7. The van der Waals surface area contributed by atoms with Crippen LogP contribution in [0.25, 0.3) is 22.1 Å². The lowest BCUT2D eigenvalue weighted by Crippen LogP contribution is -2.03. The molecular weight excluding hydrogens is 378 g/mol. The van der Waals surface area contributed by atoms with E-state index in [-0.39, 0.29) is 0 Å². The number of ether oxygens (including phenoxy) is 3. The smallest absolute Gasteiger partial charge is 0.145 e. The van der Waals surface area contributed by atoms with Crippen molar-refractivity contribution in [3.05, 3.63) is 72.0 Å². The molecule has 0 atom stereocenters. The van der Waals surface area contributed by atoms with Gasteiger partial charge in [-0.3, -0.25) is 0 Å². The van der Waals surface area contributed by atoms with Crippen molar-refractivity contribution in [1.82, 2.24) is 0 Å². The van der Waals surface area contributed by atoms with E-state index in [1.165, 1.54) is 0 Å². The van der Waals surface area contributed by atoms with Crippen LogP contribution in [-0.4, -0.2) is 21.3 Å². The van der Waals surface area contributed by atoms with Crippen molar-refractivity contribution < 1.29 is 18.6 Å². The first-order valence-corrected chi connectivity index (χ1v) is 9.76. The minimum absolute atomic E-state index is 0.558. The predicted octanol–water partition coefficient (Wildman–Crippen LogP) is 6.05. The molecule has 0 amide bonds. The maximum Gasteiger partial charge on any atom is 0.145 e. The van der Waals surface area contributed by atoms with Crippen LogP contribution in [0.1, 0.15) is 11.3 Å². The highest BCUT2D eigenvalue weighted by atomic mass is 16.5. The van der Waals surface area contributed by atoms with Crippen molar-refractivity contribution in [2.45, 2.75) is 13.5 Å². The number of furan rings is 1. The van der Waals surface area contributed by atoms with Crippen LogP contribution in [-0.2, 0) is 6.54 Å². The van der Waals surface area contributed by atoms with Gasteiger partial charge in [0.25, 0.3) is 0 Å². The third-order valence-electron chi connectivity index (χ3n) is 5.21. The number of hydrogen-bond acceptors (Lipinski definition) is 5. The van der Waals surface area contributed by atoms with Gasteiger partial charge in [-0.15, -0.1) is 0 Å². The number of nitrogens with one attached hydrogen (secondary N) is 1. The summed E-state index contributed by atoms with van der Waals surface area (Å²) in [6.07, 6.45) is 0. The lowest BCUT2D eigenvalue weighted by atomic mass is 10.0. The Balaban J connectivity index is 1.69. The SMILES string of the molecule is COc1ccc(NCc2cc3oc(C)c(-c4ccccc4)c3cc2OC)c(OC)c1. The van der Waals surface area contributed by atoms with Crippen LogP contribution >= 0.6 is 0 Å². The third-order valence-corrected chi connectivity index (χ3v) is 5.21. The molecule has 154 valence electrons. The lowest BCUT2D eigenvalue weighted by Gasteiger charge is -2.14. The highest BCUT2D eigenvalue weighted by Gasteiger charge is 2.17. The average molecular weight is 403 g/mol. The van der Waals surface area contributed by atoms with Gasteiger partial charge in [0, 0.05) is 29.1 Å².